The van der Waals surface area contributed by atoms with E-state index in [1.165, 1.54) is 6.07 Å². The molecule has 2 heterocycles. The van der Waals surface area contributed by atoms with Crippen LogP contribution in [0.1, 0.15) is 43.4 Å². The molecule has 1 saturated heterocycles. The van der Waals surface area contributed by atoms with Crippen molar-refractivity contribution in [2.75, 3.05) is 13.1 Å². The van der Waals surface area contributed by atoms with Gasteiger partial charge < -0.3 is 10.2 Å². The van der Waals surface area contributed by atoms with Gasteiger partial charge in [0.2, 0.25) is 11.8 Å². The highest BCUT2D eigenvalue weighted by Gasteiger charge is 2.24. The highest BCUT2D eigenvalue weighted by molar-refractivity contribution is 5.77. The Balaban J connectivity index is 1.38. The summed E-state index contributed by atoms with van der Waals surface area (Å²) in [6, 6.07) is 9.29. The highest BCUT2D eigenvalue weighted by Crippen LogP contribution is 2.22. The molecule has 0 saturated carbocycles. The minimum Gasteiger partial charge on any atom is -0.352 e. The highest BCUT2D eigenvalue weighted by atomic mass is 19.2. The van der Waals surface area contributed by atoms with Gasteiger partial charge in [-0.25, -0.2) is 8.78 Å². The molecule has 0 radical (unpaired) electrons. The van der Waals surface area contributed by atoms with Crippen LogP contribution < -0.4 is 5.32 Å². The summed E-state index contributed by atoms with van der Waals surface area (Å²) in [5.41, 5.74) is 1.43. The molecule has 2 aromatic rings. The third kappa shape index (κ3) is 6.61. The smallest absolute Gasteiger partial charge is 0.222 e. The molecule has 1 fully saturated rings. The summed E-state index contributed by atoms with van der Waals surface area (Å²) in [5, 5.41) is 2.74. The standard InChI is InChI=1S/C23H27F2N3O2/c24-20-9-6-18(14-21(20)25)15-27-22(29)10-7-17-4-3-13-28(16-17)23(30)11-8-19-5-1-2-12-26-19/h1-2,5-6,9,12,14,17H,3-4,7-8,10-11,13,15-16H2,(H,27,29)/t17-/m0/s1. The number of carbonyl (C=O) groups is 2. The van der Waals surface area contributed by atoms with Crippen molar-refractivity contribution in [1.82, 2.24) is 15.2 Å². The number of hydrogen-bond acceptors (Lipinski definition) is 3. The number of aryl methyl sites for hydroxylation is 1. The van der Waals surface area contributed by atoms with Gasteiger partial charge in [0.15, 0.2) is 11.6 Å². The molecule has 1 aliphatic rings. The van der Waals surface area contributed by atoms with E-state index in [-0.39, 0.29) is 18.4 Å². The van der Waals surface area contributed by atoms with E-state index in [0.29, 0.717) is 43.7 Å². The van der Waals surface area contributed by atoms with Crippen LogP contribution in [0.4, 0.5) is 8.78 Å². The lowest BCUT2D eigenvalue weighted by Crippen LogP contribution is -2.40. The lowest BCUT2D eigenvalue weighted by Gasteiger charge is -2.33. The van der Waals surface area contributed by atoms with Crippen molar-refractivity contribution in [1.29, 1.82) is 0 Å². The minimum atomic E-state index is -0.920. The molecule has 30 heavy (non-hydrogen) atoms. The molecule has 1 aromatic carbocycles. The number of rotatable bonds is 8. The third-order valence-electron chi connectivity index (χ3n) is 5.45. The minimum absolute atomic E-state index is 0.127. The molecule has 1 N–H and O–H groups in total. The number of halogens is 2. The van der Waals surface area contributed by atoms with Gasteiger partial charge in [-0.05, 0) is 61.4 Å². The van der Waals surface area contributed by atoms with Gasteiger partial charge in [0.25, 0.3) is 0 Å². The largest absolute Gasteiger partial charge is 0.352 e. The Labute approximate surface area is 175 Å². The van der Waals surface area contributed by atoms with E-state index >= 15 is 0 Å². The Morgan fingerprint density at radius 2 is 2.00 bits per heavy atom. The number of piperidine rings is 1. The van der Waals surface area contributed by atoms with Gasteiger partial charge in [-0.1, -0.05) is 12.1 Å². The number of pyridine rings is 1. The average molecular weight is 415 g/mol. The zero-order valence-corrected chi connectivity index (χ0v) is 16.9. The summed E-state index contributed by atoms with van der Waals surface area (Å²) < 4.78 is 26.2. The fraction of sp³-hybridized carbons (Fsp3) is 0.435. The number of aromatic nitrogens is 1. The van der Waals surface area contributed by atoms with Crippen LogP contribution in [0.2, 0.25) is 0 Å². The van der Waals surface area contributed by atoms with E-state index < -0.39 is 11.6 Å². The van der Waals surface area contributed by atoms with Gasteiger partial charge in [0.1, 0.15) is 0 Å². The summed E-state index contributed by atoms with van der Waals surface area (Å²) in [6.45, 7) is 1.61. The van der Waals surface area contributed by atoms with Crippen molar-refractivity contribution in [3.63, 3.8) is 0 Å². The predicted molar refractivity (Wildman–Crippen MR) is 109 cm³/mol. The van der Waals surface area contributed by atoms with E-state index in [9.17, 15) is 18.4 Å². The zero-order valence-electron chi connectivity index (χ0n) is 16.9. The number of nitrogens with one attached hydrogen (secondary N) is 1. The van der Waals surface area contributed by atoms with Crippen molar-refractivity contribution in [2.24, 2.45) is 5.92 Å². The molecule has 0 bridgehead atoms. The SMILES string of the molecule is O=C(CC[C@@H]1CCCN(C(=O)CCc2ccccn2)C1)NCc1ccc(F)c(F)c1. The van der Waals surface area contributed by atoms with E-state index in [4.69, 9.17) is 0 Å². The molecule has 1 aliphatic heterocycles. The first kappa shape index (κ1) is 21.9. The van der Waals surface area contributed by atoms with E-state index in [1.54, 1.807) is 6.20 Å². The quantitative estimate of drug-likeness (QED) is 0.716. The van der Waals surface area contributed by atoms with Crippen LogP contribution in [0, 0.1) is 17.6 Å². The monoisotopic (exact) mass is 415 g/mol. The van der Waals surface area contributed by atoms with Crippen LogP contribution in [0.5, 0.6) is 0 Å². The lowest BCUT2D eigenvalue weighted by molar-refractivity contribution is -0.133. The summed E-state index contributed by atoms with van der Waals surface area (Å²) >= 11 is 0. The molecule has 2 amide bonds. The molecule has 1 atom stereocenters. The number of carbonyl (C=O) groups excluding carboxylic acids is 2. The fourth-order valence-corrected chi connectivity index (χ4v) is 3.74. The summed E-state index contributed by atoms with van der Waals surface area (Å²) in [5.74, 6) is -1.52. The Kier molecular flexibility index (Phi) is 7.88. The molecular weight excluding hydrogens is 388 g/mol. The predicted octanol–water partition coefficient (Wildman–Crippen LogP) is 3.63. The molecule has 0 aliphatic carbocycles. The molecular formula is C23H27F2N3O2. The molecule has 1 aromatic heterocycles. The van der Waals surface area contributed by atoms with Crippen LogP contribution in [0.15, 0.2) is 42.6 Å². The summed E-state index contributed by atoms with van der Waals surface area (Å²) in [7, 11) is 0. The van der Waals surface area contributed by atoms with Gasteiger partial charge in [0.05, 0.1) is 0 Å². The van der Waals surface area contributed by atoms with Crippen molar-refractivity contribution >= 4 is 11.8 Å². The number of amides is 2. The molecule has 160 valence electrons. The zero-order chi connectivity index (χ0) is 21.3. The second kappa shape index (κ2) is 10.8. The fourth-order valence-electron chi connectivity index (χ4n) is 3.74. The van der Waals surface area contributed by atoms with E-state index in [1.807, 2.05) is 23.1 Å². The average Bonchev–Trinajstić information content (AvgIpc) is 2.77. The number of hydrogen-bond donors (Lipinski definition) is 1. The van der Waals surface area contributed by atoms with E-state index in [2.05, 4.69) is 10.3 Å². The lowest BCUT2D eigenvalue weighted by atomic mass is 9.93. The van der Waals surface area contributed by atoms with Gasteiger partial charge in [-0.15, -0.1) is 0 Å². The summed E-state index contributed by atoms with van der Waals surface area (Å²) in [4.78, 5) is 30.8. The van der Waals surface area contributed by atoms with E-state index in [0.717, 1.165) is 37.2 Å². The van der Waals surface area contributed by atoms with Crippen LogP contribution in [0.3, 0.4) is 0 Å². The number of nitrogens with zero attached hydrogens (tertiary/aromatic N) is 2. The first-order valence-corrected chi connectivity index (χ1v) is 10.4. The van der Waals surface area contributed by atoms with Crippen molar-refractivity contribution in [2.45, 2.75) is 45.1 Å². The Morgan fingerprint density at radius 1 is 1.13 bits per heavy atom. The Morgan fingerprint density at radius 3 is 2.77 bits per heavy atom. The second-order valence-electron chi connectivity index (χ2n) is 7.73. The third-order valence-corrected chi connectivity index (χ3v) is 5.45. The van der Waals surface area contributed by atoms with Crippen molar-refractivity contribution in [3.05, 3.63) is 65.5 Å². The molecule has 0 unspecified atom stereocenters. The number of benzene rings is 1. The van der Waals surface area contributed by atoms with Gasteiger partial charge in [0, 0.05) is 44.4 Å². The maximum Gasteiger partial charge on any atom is 0.222 e. The van der Waals surface area contributed by atoms with Crippen LogP contribution in [-0.4, -0.2) is 34.8 Å². The topological polar surface area (TPSA) is 62.3 Å². The van der Waals surface area contributed by atoms with Crippen molar-refractivity contribution in [3.8, 4) is 0 Å². The van der Waals surface area contributed by atoms with Gasteiger partial charge in [-0.3, -0.25) is 14.6 Å². The normalized spacial score (nSPS) is 16.3. The maximum absolute atomic E-state index is 13.2. The van der Waals surface area contributed by atoms with Crippen LogP contribution >= 0.6 is 0 Å². The Hall–Kier alpha value is -2.83. The molecule has 5 nitrogen and oxygen atoms in total. The van der Waals surface area contributed by atoms with Crippen LogP contribution in [0.25, 0.3) is 0 Å². The Bertz CT molecular complexity index is 861. The van der Waals surface area contributed by atoms with Gasteiger partial charge in [-0.2, -0.15) is 0 Å². The second-order valence-corrected chi connectivity index (χ2v) is 7.73. The maximum atomic E-state index is 13.2. The van der Waals surface area contributed by atoms with Crippen molar-refractivity contribution < 1.29 is 18.4 Å². The first-order chi connectivity index (χ1) is 14.5. The van der Waals surface area contributed by atoms with Crippen LogP contribution in [-0.2, 0) is 22.6 Å². The molecule has 3 rings (SSSR count). The summed E-state index contributed by atoms with van der Waals surface area (Å²) in [6.07, 6.45) is 5.80. The molecule has 0 spiro atoms. The molecule has 7 heteroatoms. The van der Waals surface area contributed by atoms with Gasteiger partial charge >= 0.3 is 0 Å². The number of likely N-dealkylation sites (tertiary alicyclic amines) is 1. The first-order valence-electron chi connectivity index (χ1n) is 10.4.